The maximum absolute atomic E-state index is 15.6. The summed E-state index contributed by atoms with van der Waals surface area (Å²) in [6, 6.07) is 9.20. The quantitative estimate of drug-likeness (QED) is 0.237. The predicted octanol–water partition coefficient (Wildman–Crippen LogP) is 3.49. The second kappa shape index (κ2) is 11.2. The number of aliphatic hydroxyl groups is 1. The van der Waals surface area contributed by atoms with Gasteiger partial charge in [-0.25, -0.2) is 8.78 Å². The largest absolute Gasteiger partial charge is 0.375 e. The number of hydrogen-bond acceptors (Lipinski definition) is 7. The first kappa shape index (κ1) is 28.6. The summed E-state index contributed by atoms with van der Waals surface area (Å²) >= 11 is 7.57. The van der Waals surface area contributed by atoms with Gasteiger partial charge < -0.3 is 26.8 Å². The first-order chi connectivity index (χ1) is 19.4. The number of halogens is 3. The fourth-order valence-electron chi connectivity index (χ4n) is 4.88. The lowest BCUT2D eigenvalue weighted by Crippen LogP contribution is -2.44. The summed E-state index contributed by atoms with van der Waals surface area (Å²) in [6.07, 6.45) is -3.06. The highest BCUT2D eigenvalue weighted by atomic mass is 35.5. The van der Waals surface area contributed by atoms with E-state index in [1.165, 1.54) is 52.4 Å². The van der Waals surface area contributed by atoms with Crippen LogP contribution < -0.4 is 16.8 Å². The maximum Gasteiger partial charge on any atom is 0.270 e. The zero-order chi connectivity index (χ0) is 29.6. The minimum Gasteiger partial charge on any atom is -0.375 e. The van der Waals surface area contributed by atoms with Gasteiger partial charge in [0.05, 0.1) is 22.4 Å². The average Bonchev–Trinajstić information content (AvgIpc) is 3.59. The zero-order valence-corrected chi connectivity index (χ0v) is 23.2. The fraction of sp³-hybridized carbons (Fsp3) is 0.259. The first-order valence-corrected chi connectivity index (χ1v) is 13.7. The summed E-state index contributed by atoms with van der Waals surface area (Å²) in [4.78, 5) is 40.3. The van der Waals surface area contributed by atoms with Crippen LogP contribution in [0, 0.1) is 12.7 Å². The Bertz CT molecular complexity index is 1690. The van der Waals surface area contributed by atoms with Gasteiger partial charge in [0.15, 0.2) is 11.5 Å². The molecule has 3 amide bonds. The van der Waals surface area contributed by atoms with Crippen LogP contribution in [0.2, 0.25) is 5.02 Å². The molecule has 1 saturated heterocycles. The maximum atomic E-state index is 15.6. The zero-order valence-electron chi connectivity index (χ0n) is 21.6. The number of aryl methyl sites for hydroxylation is 1. The number of nitrogens with zero attached hydrogens (tertiary/aromatic N) is 3. The van der Waals surface area contributed by atoms with Crippen LogP contribution in [0.15, 0.2) is 42.5 Å². The molecule has 2 aromatic heterocycles. The van der Waals surface area contributed by atoms with Crippen LogP contribution >= 0.6 is 22.9 Å². The number of likely N-dealkylation sites (tertiary alicyclic amines) is 1. The lowest BCUT2D eigenvalue weighted by Gasteiger charge is -2.24. The van der Waals surface area contributed by atoms with E-state index >= 15 is 4.39 Å². The molecule has 10 nitrogen and oxygen atoms in total. The average molecular weight is 603 g/mol. The number of carbonyl (C=O) groups is 3. The minimum atomic E-state index is -1.47. The molecule has 41 heavy (non-hydrogen) atoms. The van der Waals surface area contributed by atoms with Crippen LogP contribution in [-0.4, -0.2) is 56.3 Å². The highest BCUT2D eigenvalue weighted by Gasteiger charge is 2.40. The predicted molar refractivity (Wildman–Crippen MR) is 151 cm³/mol. The van der Waals surface area contributed by atoms with E-state index in [1.54, 1.807) is 6.07 Å². The Morgan fingerprint density at radius 3 is 2.71 bits per heavy atom. The monoisotopic (exact) mass is 602 g/mol. The van der Waals surface area contributed by atoms with Crippen molar-refractivity contribution < 1.29 is 28.3 Å². The van der Waals surface area contributed by atoms with E-state index in [9.17, 15) is 23.9 Å². The number of alkyl halides is 1. The molecule has 1 aliphatic heterocycles. The number of rotatable bonds is 7. The van der Waals surface area contributed by atoms with Gasteiger partial charge in [-0.05, 0) is 36.8 Å². The molecule has 4 aromatic rings. The van der Waals surface area contributed by atoms with Crippen LogP contribution in [0.25, 0.3) is 21.3 Å². The smallest absolute Gasteiger partial charge is 0.270 e. The molecule has 6 N–H and O–H groups in total. The molecule has 0 spiro atoms. The van der Waals surface area contributed by atoms with Crippen LogP contribution in [0.4, 0.5) is 14.5 Å². The number of amides is 3. The molecular formula is C27H25ClF2N6O4S. The Labute approximate surface area is 241 Å². The van der Waals surface area contributed by atoms with Crippen molar-refractivity contribution in [1.82, 2.24) is 14.7 Å². The summed E-state index contributed by atoms with van der Waals surface area (Å²) in [6.45, 7) is 1.14. The van der Waals surface area contributed by atoms with Crippen molar-refractivity contribution in [3.8, 4) is 11.1 Å². The van der Waals surface area contributed by atoms with Crippen molar-refractivity contribution in [3.05, 3.63) is 69.4 Å². The van der Waals surface area contributed by atoms with E-state index in [-0.39, 0.29) is 47.0 Å². The molecule has 14 heteroatoms. The second-order valence-corrected chi connectivity index (χ2v) is 11.3. The number of nitrogens with one attached hydrogen (secondary N) is 1. The Morgan fingerprint density at radius 2 is 2.00 bits per heavy atom. The van der Waals surface area contributed by atoms with Crippen molar-refractivity contribution in [3.63, 3.8) is 0 Å². The molecule has 0 radical (unpaired) electrons. The Hall–Kier alpha value is -3.91. The van der Waals surface area contributed by atoms with Gasteiger partial charge in [-0.3, -0.25) is 19.1 Å². The Kier molecular flexibility index (Phi) is 7.79. The molecule has 3 heterocycles. The molecule has 2 aromatic carbocycles. The van der Waals surface area contributed by atoms with Gasteiger partial charge in [0, 0.05) is 27.4 Å². The number of aliphatic hydroxyl groups excluding tert-OH is 1. The number of fused-ring (bicyclic) bond motifs is 1. The van der Waals surface area contributed by atoms with Gasteiger partial charge >= 0.3 is 0 Å². The summed E-state index contributed by atoms with van der Waals surface area (Å²) < 4.78 is 31.9. The van der Waals surface area contributed by atoms with Crippen molar-refractivity contribution in [2.24, 2.45) is 11.5 Å². The number of thiophene rings is 1. The summed E-state index contributed by atoms with van der Waals surface area (Å²) in [7, 11) is 0. The van der Waals surface area contributed by atoms with E-state index in [0.717, 1.165) is 9.78 Å². The molecular weight excluding hydrogens is 578 g/mol. The lowest BCUT2D eigenvalue weighted by atomic mass is 10.0. The van der Waals surface area contributed by atoms with Crippen molar-refractivity contribution in [2.45, 2.75) is 38.3 Å². The van der Waals surface area contributed by atoms with Gasteiger partial charge in [0.1, 0.15) is 25.0 Å². The third-order valence-electron chi connectivity index (χ3n) is 6.82. The van der Waals surface area contributed by atoms with Crippen LogP contribution in [0.3, 0.4) is 0 Å². The summed E-state index contributed by atoms with van der Waals surface area (Å²) in [5.41, 5.74) is 11.9. The van der Waals surface area contributed by atoms with Gasteiger partial charge in [0.2, 0.25) is 11.8 Å². The number of nitrogens with two attached hydrogens (primary N) is 2. The molecule has 1 aliphatic rings. The topological polar surface area (TPSA) is 157 Å². The first-order valence-electron chi connectivity index (χ1n) is 12.5. The van der Waals surface area contributed by atoms with E-state index < -0.39 is 42.0 Å². The normalized spacial score (nSPS) is 17.7. The standard InChI is InChI=1S/C27H25ClF2N6O4S/c1-12-7-19-24(41-12)23(26(32)39)34-36(19)11-21(37)35-10-14(29)9-20(35)27(40)33-18-4-2-3-15(22(18)30)16-8-13(25(31)38)5-6-17(16)28/h2-8,14,20,25,38H,9-11,31H2,1H3,(H2,32,39)(H,33,40)/t14-,20+,25?/m1/s1. The fourth-order valence-corrected chi connectivity index (χ4v) is 6.10. The molecule has 5 rings (SSSR count). The van der Waals surface area contributed by atoms with Gasteiger partial charge in [-0.2, -0.15) is 5.10 Å². The third kappa shape index (κ3) is 5.53. The molecule has 1 unspecified atom stereocenters. The number of hydrogen-bond donors (Lipinski definition) is 4. The van der Waals surface area contributed by atoms with E-state index in [2.05, 4.69) is 10.4 Å². The summed E-state index contributed by atoms with van der Waals surface area (Å²) in [5.74, 6) is -2.94. The molecule has 214 valence electrons. The van der Waals surface area contributed by atoms with E-state index in [4.69, 9.17) is 23.1 Å². The van der Waals surface area contributed by atoms with Crippen LogP contribution in [0.5, 0.6) is 0 Å². The molecule has 0 aliphatic carbocycles. The van der Waals surface area contributed by atoms with Crippen LogP contribution in [-0.2, 0) is 16.1 Å². The molecule has 0 saturated carbocycles. The Morgan fingerprint density at radius 1 is 1.24 bits per heavy atom. The van der Waals surface area contributed by atoms with Crippen molar-refractivity contribution in [1.29, 1.82) is 0 Å². The molecule has 3 atom stereocenters. The molecule has 0 bridgehead atoms. The minimum absolute atomic E-state index is 0.0203. The second-order valence-electron chi connectivity index (χ2n) is 9.68. The Balaban J connectivity index is 1.38. The number of benzene rings is 2. The number of primary amides is 1. The van der Waals surface area contributed by atoms with Crippen molar-refractivity contribution in [2.75, 3.05) is 11.9 Å². The third-order valence-corrected chi connectivity index (χ3v) is 8.20. The number of anilines is 1. The van der Waals surface area contributed by atoms with Crippen LogP contribution in [0.1, 0.15) is 33.6 Å². The van der Waals surface area contributed by atoms with Gasteiger partial charge in [0.25, 0.3) is 5.91 Å². The lowest BCUT2D eigenvalue weighted by molar-refractivity contribution is -0.137. The van der Waals surface area contributed by atoms with Gasteiger partial charge in [-0.15, -0.1) is 11.3 Å². The van der Waals surface area contributed by atoms with Crippen molar-refractivity contribution >= 4 is 56.6 Å². The number of aromatic nitrogens is 2. The highest BCUT2D eigenvalue weighted by Crippen LogP contribution is 2.35. The highest BCUT2D eigenvalue weighted by molar-refractivity contribution is 7.19. The summed E-state index contributed by atoms with van der Waals surface area (Å²) in [5, 5.41) is 16.5. The SMILES string of the molecule is Cc1cc2c(s1)c(C(N)=O)nn2CC(=O)N1C[C@H](F)C[C@H]1C(=O)Nc1cccc(-c2cc(C(N)O)ccc2Cl)c1F. The van der Waals surface area contributed by atoms with Gasteiger partial charge in [-0.1, -0.05) is 29.8 Å². The van der Waals surface area contributed by atoms with E-state index in [0.29, 0.717) is 15.8 Å². The van der Waals surface area contributed by atoms with E-state index in [1.807, 2.05) is 6.92 Å². The number of carbonyl (C=O) groups excluding carboxylic acids is 3. The molecule has 1 fully saturated rings.